The van der Waals surface area contributed by atoms with Crippen LogP contribution in [0.25, 0.3) is 0 Å². The van der Waals surface area contributed by atoms with Gasteiger partial charge in [-0.25, -0.2) is 4.39 Å². The van der Waals surface area contributed by atoms with Crippen LogP contribution in [0.4, 0.5) is 4.39 Å². The zero-order valence-corrected chi connectivity index (χ0v) is 10.4. The van der Waals surface area contributed by atoms with E-state index in [2.05, 4.69) is 33.1 Å². The van der Waals surface area contributed by atoms with Crippen molar-refractivity contribution in [3.05, 3.63) is 34.1 Å². The predicted molar refractivity (Wildman–Crippen MR) is 64.3 cm³/mol. The summed E-state index contributed by atoms with van der Waals surface area (Å²) in [6, 6.07) is 4.36. The Morgan fingerprint density at radius 2 is 2.31 bits per heavy atom. The summed E-state index contributed by atoms with van der Waals surface area (Å²) < 4.78 is 13.6. The van der Waals surface area contributed by atoms with Crippen LogP contribution in [0.2, 0.25) is 0 Å². The zero-order chi connectivity index (χ0) is 12.0. The molecule has 0 saturated heterocycles. The molecule has 1 aromatic rings. The highest BCUT2D eigenvalue weighted by atomic mass is 79.9. The maximum atomic E-state index is 12.9. The first-order valence-electron chi connectivity index (χ1n) is 4.78. The first kappa shape index (κ1) is 12.7. The Morgan fingerprint density at radius 3 is 3.00 bits per heavy atom. The van der Waals surface area contributed by atoms with E-state index in [0.717, 1.165) is 4.47 Å². The fraction of sp³-hybridized carbons (Fsp3) is 0.250. The second-order valence-corrected chi connectivity index (χ2v) is 4.01. The van der Waals surface area contributed by atoms with E-state index < -0.39 is 0 Å². The van der Waals surface area contributed by atoms with Crippen molar-refractivity contribution < 1.29 is 9.18 Å². The lowest BCUT2D eigenvalue weighted by Crippen LogP contribution is -2.20. The molecule has 4 heteroatoms. The van der Waals surface area contributed by atoms with Gasteiger partial charge in [0.25, 0.3) is 0 Å². The molecule has 0 atom stereocenters. The molecule has 84 valence electrons. The number of hydrogen-bond acceptors (Lipinski definition) is 1. The molecule has 0 heterocycles. The van der Waals surface area contributed by atoms with Gasteiger partial charge in [0.05, 0.1) is 0 Å². The van der Waals surface area contributed by atoms with Gasteiger partial charge in [0.15, 0.2) is 0 Å². The van der Waals surface area contributed by atoms with Crippen LogP contribution in [0.3, 0.4) is 0 Å². The van der Waals surface area contributed by atoms with Crippen LogP contribution >= 0.6 is 15.9 Å². The molecule has 1 aromatic carbocycles. The monoisotopic (exact) mass is 283 g/mol. The van der Waals surface area contributed by atoms with E-state index in [-0.39, 0.29) is 11.7 Å². The number of carbonyl (C=O) groups excluding carboxylic acids is 1. The molecule has 0 aliphatic heterocycles. The van der Waals surface area contributed by atoms with Crippen LogP contribution in [-0.2, 0) is 4.79 Å². The average Bonchev–Trinajstić information content (AvgIpc) is 2.22. The van der Waals surface area contributed by atoms with Gasteiger partial charge in [-0.2, -0.15) is 0 Å². The molecule has 1 N–H and O–H groups in total. The minimum absolute atomic E-state index is 0.0752. The van der Waals surface area contributed by atoms with Gasteiger partial charge in [0.1, 0.15) is 5.82 Å². The Hall–Kier alpha value is -1.34. The van der Waals surface area contributed by atoms with Crippen molar-refractivity contribution >= 4 is 21.8 Å². The molecule has 0 aromatic heterocycles. The number of amides is 1. The average molecular weight is 284 g/mol. The molecule has 1 rings (SSSR count). The molecule has 0 fully saturated rings. The molecule has 1 amide bonds. The van der Waals surface area contributed by atoms with E-state index in [1.807, 2.05) is 0 Å². The Morgan fingerprint density at radius 1 is 1.56 bits per heavy atom. The molecular weight excluding hydrogens is 273 g/mol. The first-order chi connectivity index (χ1) is 7.59. The molecule has 0 spiro atoms. The summed E-state index contributed by atoms with van der Waals surface area (Å²) in [7, 11) is 0. The molecule has 0 aliphatic rings. The lowest BCUT2D eigenvalue weighted by molar-refractivity contribution is -0.118. The van der Waals surface area contributed by atoms with E-state index >= 15 is 0 Å². The van der Waals surface area contributed by atoms with Crippen LogP contribution < -0.4 is 5.32 Å². The largest absolute Gasteiger partial charge is 0.355 e. The highest BCUT2D eigenvalue weighted by Gasteiger charge is 1.97. The number of halogens is 2. The maximum Gasteiger partial charge on any atom is 0.216 e. The summed E-state index contributed by atoms with van der Waals surface area (Å²) in [5.41, 5.74) is 0.614. The third-order valence-corrected chi connectivity index (χ3v) is 2.47. The summed E-state index contributed by atoms with van der Waals surface area (Å²) in [5.74, 6) is 5.32. The third-order valence-electron chi connectivity index (χ3n) is 1.78. The van der Waals surface area contributed by atoms with E-state index in [9.17, 15) is 9.18 Å². The quantitative estimate of drug-likeness (QED) is 0.656. The van der Waals surface area contributed by atoms with Crippen molar-refractivity contribution in [2.45, 2.75) is 13.3 Å². The molecule has 2 nitrogen and oxygen atoms in total. The second-order valence-electron chi connectivity index (χ2n) is 3.16. The number of benzene rings is 1. The van der Waals surface area contributed by atoms with E-state index in [1.165, 1.54) is 19.1 Å². The van der Waals surface area contributed by atoms with Crippen molar-refractivity contribution in [2.24, 2.45) is 0 Å². The van der Waals surface area contributed by atoms with E-state index in [4.69, 9.17) is 0 Å². The van der Waals surface area contributed by atoms with Crippen LogP contribution in [0.1, 0.15) is 18.9 Å². The fourth-order valence-electron chi connectivity index (χ4n) is 1.05. The van der Waals surface area contributed by atoms with Gasteiger partial charge < -0.3 is 5.32 Å². The van der Waals surface area contributed by atoms with Crippen molar-refractivity contribution in [1.29, 1.82) is 0 Å². The highest BCUT2D eigenvalue weighted by molar-refractivity contribution is 9.10. The predicted octanol–water partition coefficient (Wildman–Crippen LogP) is 2.47. The van der Waals surface area contributed by atoms with Gasteiger partial charge in [-0.3, -0.25) is 4.79 Å². The van der Waals surface area contributed by atoms with Crippen LogP contribution in [0.5, 0.6) is 0 Å². The fourth-order valence-corrected chi connectivity index (χ4v) is 1.40. The summed E-state index contributed by atoms with van der Waals surface area (Å²) in [6.45, 7) is 1.96. The van der Waals surface area contributed by atoms with Gasteiger partial charge in [-0.1, -0.05) is 11.8 Å². The normalized spacial score (nSPS) is 9.19. The van der Waals surface area contributed by atoms with E-state index in [1.54, 1.807) is 6.07 Å². The third kappa shape index (κ3) is 4.45. The standard InChI is InChI=1S/C12H11BrFNO/c1-9(16)15-7-3-2-4-10-8-11(14)5-6-12(10)13/h5-6,8H,3,7H2,1H3,(H,15,16). The van der Waals surface area contributed by atoms with Crippen LogP contribution in [0, 0.1) is 17.7 Å². The Kier molecular flexibility index (Phi) is 5.00. The SMILES string of the molecule is CC(=O)NCCC#Cc1cc(F)ccc1Br. The van der Waals surface area contributed by atoms with Crippen molar-refractivity contribution in [3.63, 3.8) is 0 Å². The molecule has 0 unspecified atom stereocenters. The van der Waals surface area contributed by atoms with Crippen molar-refractivity contribution in [2.75, 3.05) is 6.54 Å². The van der Waals surface area contributed by atoms with Crippen molar-refractivity contribution in [3.8, 4) is 11.8 Å². The van der Waals surface area contributed by atoms with E-state index in [0.29, 0.717) is 18.5 Å². The molecule has 0 bridgehead atoms. The molecule has 0 saturated carbocycles. The zero-order valence-electron chi connectivity index (χ0n) is 8.81. The van der Waals surface area contributed by atoms with Crippen LogP contribution in [0.15, 0.2) is 22.7 Å². The maximum absolute atomic E-state index is 12.9. The number of rotatable bonds is 2. The van der Waals surface area contributed by atoms with Crippen molar-refractivity contribution in [1.82, 2.24) is 5.32 Å². The molecular formula is C12H11BrFNO. The summed E-state index contributed by atoms with van der Waals surface area (Å²) in [5, 5.41) is 2.63. The highest BCUT2D eigenvalue weighted by Crippen LogP contribution is 2.16. The Balaban J connectivity index is 2.56. The Bertz CT molecular complexity index is 448. The molecule has 16 heavy (non-hydrogen) atoms. The van der Waals surface area contributed by atoms with Gasteiger partial charge >= 0.3 is 0 Å². The number of hydrogen-bond donors (Lipinski definition) is 1. The van der Waals surface area contributed by atoms with Crippen LogP contribution in [-0.4, -0.2) is 12.5 Å². The minimum Gasteiger partial charge on any atom is -0.355 e. The minimum atomic E-state index is -0.311. The van der Waals surface area contributed by atoms with Gasteiger partial charge in [0.2, 0.25) is 5.91 Å². The molecule has 0 aliphatic carbocycles. The lowest BCUT2D eigenvalue weighted by atomic mass is 10.2. The van der Waals surface area contributed by atoms with Gasteiger partial charge in [-0.05, 0) is 34.1 Å². The first-order valence-corrected chi connectivity index (χ1v) is 5.57. The number of carbonyl (C=O) groups is 1. The smallest absolute Gasteiger partial charge is 0.216 e. The second kappa shape index (κ2) is 6.29. The lowest BCUT2D eigenvalue weighted by Gasteiger charge is -1.96. The summed E-state index contributed by atoms with van der Waals surface area (Å²) in [4.78, 5) is 10.6. The topological polar surface area (TPSA) is 29.1 Å². The molecule has 0 radical (unpaired) electrons. The van der Waals surface area contributed by atoms with Gasteiger partial charge in [0, 0.05) is 29.9 Å². The summed E-state index contributed by atoms with van der Waals surface area (Å²) >= 11 is 3.28. The number of nitrogens with one attached hydrogen (secondary N) is 1. The summed E-state index contributed by atoms with van der Waals surface area (Å²) in [6.07, 6.45) is 0.544. The van der Waals surface area contributed by atoms with Gasteiger partial charge in [-0.15, -0.1) is 0 Å². The Labute approximate surface area is 102 Å².